The highest BCUT2D eigenvalue weighted by atomic mass is 16.6. The fourth-order valence-electron chi connectivity index (χ4n) is 1.61. The standard InChI is InChI=1S/C13H14N4O3/c1-3-14-13-15-9(2)7-12(16-13)20-11-6-4-5-10(8-11)17(18)19/h4-8H,3H2,1-2H3,(H,14,15,16). The molecular weight excluding hydrogens is 260 g/mol. The maximum absolute atomic E-state index is 10.7. The maximum Gasteiger partial charge on any atom is 0.273 e. The second kappa shape index (κ2) is 5.96. The van der Waals surface area contributed by atoms with Crippen molar-refractivity contribution in [3.05, 3.63) is 46.1 Å². The third-order valence-corrected chi connectivity index (χ3v) is 2.42. The first-order chi connectivity index (χ1) is 9.58. The molecule has 2 aromatic rings. The van der Waals surface area contributed by atoms with Crippen LogP contribution in [0.25, 0.3) is 0 Å². The van der Waals surface area contributed by atoms with E-state index in [9.17, 15) is 10.1 Å². The topological polar surface area (TPSA) is 90.2 Å². The highest BCUT2D eigenvalue weighted by Crippen LogP contribution is 2.24. The van der Waals surface area contributed by atoms with Crippen LogP contribution in [0.2, 0.25) is 0 Å². The van der Waals surface area contributed by atoms with Gasteiger partial charge in [0.25, 0.3) is 5.69 Å². The van der Waals surface area contributed by atoms with Crippen LogP contribution in [0.5, 0.6) is 11.6 Å². The molecular formula is C13H14N4O3. The molecule has 1 aromatic heterocycles. The molecule has 1 N–H and O–H groups in total. The number of nitro groups is 1. The summed E-state index contributed by atoms with van der Waals surface area (Å²) in [4.78, 5) is 18.6. The molecule has 0 unspecified atom stereocenters. The van der Waals surface area contributed by atoms with Crippen LogP contribution in [-0.2, 0) is 0 Å². The van der Waals surface area contributed by atoms with Crippen LogP contribution < -0.4 is 10.1 Å². The van der Waals surface area contributed by atoms with Gasteiger partial charge in [-0.25, -0.2) is 4.98 Å². The number of nitro benzene ring substituents is 1. The van der Waals surface area contributed by atoms with Gasteiger partial charge in [0.1, 0.15) is 5.75 Å². The second-order valence-corrected chi connectivity index (χ2v) is 4.06. The number of hydrogen-bond donors (Lipinski definition) is 1. The number of non-ortho nitro benzene ring substituents is 1. The molecule has 20 heavy (non-hydrogen) atoms. The summed E-state index contributed by atoms with van der Waals surface area (Å²) < 4.78 is 5.54. The molecule has 0 fully saturated rings. The highest BCUT2D eigenvalue weighted by Gasteiger charge is 2.08. The van der Waals surface area contributed by atoms with Crippen molar-refractivity contribution in [1.29, 1.82) is 0 Å². The van der Waals surface area contributed by atoms with Crippen molar-refractivity contribution in [3.63, 3.8) is 0 Å². The van der Waals surface area contributed by atoms with Crippen molar-refractivity contribution in [3.8, 4) is 11.6 Å². The van der Waals surface area contributed by atoms with Gasteiger partial charge in [-0.15, -0.1) is 0 Å². The summed E-state index contributed by atoms with van der Waals surface area (Å²) in [5.41, 5.74) is 0.719. The van der Waals surface area contributed by atoms with Crippen molar-refractivity contribution < 1.29 is 9.66 Å². The number of rotatable bonds is 5. The minimum atomic E-state index is -0.470. The molecule has 0 radical (unpaired) electrons. The summed E-state index contributed by atoms with van der Waals surface area (Å²) in [5, 5.41) is 13.7. The maximum atomic E-state index is 10.7. The molecule has 0 atom stereocenters. The number of hydrogen-bond acceptors (Lipinski definition) is 6. The van der Waals surface area contributed by atoms with E-state index in [0.29, 0.717) is 24.1 Å². The first-order valence-electron chi connectivity index (χ1n) is 6.10. The largest absolute Gasteiger partial charge is 0.439 e. The second-order valence-electron chi connectivity index (χ2n) is 4.06. The van der Waals surface area contributed by atoms with Crippen molar-refractivity contribution in [2.24, 2.45) is 0 Å². The molecule has 0 saturated carbocycles. The van der Waals surface area contributed by atoms with Gasteiger partial charge in [0.15, 0.2) is 0 Å². The van der Waals surface area contributed by atoms with Crippen molar-refractivity contribution in [1.82, 2.24) is 9.97 Å². The fraction of sp³-hybridized carbons (Fsp3) is 0.231. The number of anilines is 1. The molecule has 0 saturated heterocycles. The number of nitrogens with one attached hydrogen (secondary N) is 1. The molecule has 0 spiro atoms. The fourth-order valence-corrected chi connectivity index (χ4v) is 1.61. The molecule has 0 amide bonds. The van der Waals surface area contributed by atoms with E-state index in [1.165, 1.54) is 12.1 Å². The first-order valence-corrected chi connectivity index (χ1v) is 6.10. The zero-order valence-corrected chi connectivity index (χ0v) is 11.2. The van der Waals surface area contributed by atoms with E-state index >= 15 is 0 Å². The number of aryl methyl sites for hydroxylation is 1. The lowest BCUT2D eigenvalue weighted by Gasteiger charge is -2.08. The summed E-state index contributed by atoms with van der Waals surface area (Å²) in [6.45, 7) is 4.45. The van der Waals surface area contributed by atoms with Gasteiger partial charge < -0.3 is 10.1 Å². The Labute approximate surface area is 115 Å². The molecule has 0 aliphatic rings. The lowest BCUT2D eigenvalue weighted by atomic mass is 10.3. The molecule has 0 aliphatic carbocycles. The minimum Gasteiger partial charge on any atom is -0.439 e. The van der Waals surface area contributed by atoms with Crippen LogP contribution in [0, 0.1) is 17.0 Å². The molecule has 0 bridgehead atoms. The van der Waals surface area contributed by atoms with E-state index in [1.54, 1.807) is 18.2 Å². The smallest absolute Gasteiger partial charge is 0.273 e. The summed E-state index contributed by atoms with van der Waals surface area (Å²) in [6, 6.07) is 7.62. The Morgan fingerprint density at radius 1 is 1.35 bits per heavy atom. The van der Waals surface area contributed by atoms with Gasteiger partial charge in [-0.2, -0.15) is 4.98 Å². The predicted octanol–water partition coefficient (Wildman–Crippen LogP) is 2.92. The summed E-state index contributed by atoms with van der Waals surface area (Å²) >= 11 is 0. The molecule has 0 aliphatic heterocycles. The van der Waals surface area contributed by atoms with Gasteiger partial charge in [-0.05, 0) is 19.9 Å². The predicted molar refractivity (Wildman–Crippen MR) is 74.1 cm³/mol. The van der Waals surface area contributed by atoms with Gasteiger partial charge in [-0.3, -0.25) is 10.1 Å². The average molecular weight is 274 g/mol. The van der Waals surface area contributed by atoms with Crippen LogP contribution >= 0.6 is 0 Å². The average Bonchev–Trinajstić information content (AvgIpc) is 2.38. The van der Waals surface area contributed by atoms with E-state index in [4.69, 9.17) is 4.74 Å². The van der Waals surface area contributed by atoms with E-state index in [1.807, 2.05) is 13.8 Å². The SMILES string of the molecule is CCNc1nc(C)cc(Oc2cccc([N+](=O)[O-])c2)n1. The van der Waals surface area contributed by atoms with Gasteiger partial charge in [0, 0.05) is 24.4 Å². The van der Waals surface area contributed by atoms with Gasteiger partial charge in [0.2, 0.25) is 11.8 Å². The Kier molecular flexibility index (Phi) is 4.09. The van der Waals surface area contributed by atoms with Crippen LogP contribution in [-0.4, -0.2) is 21.4 Å². The Balaban J connectivity index is 2.25. The monoisotopic (exact) mass is 274 g/mol. The summed E-state index contributed by atoms with van der Waals surface area (Å²) in [6.07, 6.45) is 0. The highest BCUT2D eigenvalue weighted by molar-refractivity contribution is 5.40. The Hall–Kier alpha value is -2.70. The lowest BCUT2D eigenvalue weighted by molar-refractivity contribution is -0.384. The zero-order chi connectivity index (χ0) is 14.5. The van der Waals surface area contributed by atoms with Crippen LogP contribution in [0.3, 0.4) is 0 Å². The molecule has 2 rings (SSSR count). The number of aromatic nitrogens is 2. The Morgan fingerprint density at radius 3 is 2.85 bits per heavy atom. The quantitative estimate of drug-likeness (QED) is 0.666. The van der Waals surface area contributed by atoms with E-state index in [2.05, 4.69) is 15.3 Å². The van der Waals surface area contributed by atoms with Crippen LogP contribution in [0.4, 0.5) is 11.6 Å². The van der Waals surface area contributed by atoms with Crippen LogP contribution in [0.1, 0.15) is 12.6 Å². The number of nitrogens with zero attached hydrogens (tertiary/aromatic N) is 3. The van der Waals surface area contributed by atoms with Gasteiger partial charge in [-0.1, -0.05) is 6.07 Å². The minimum absolute atomic E-state index is 0.0276. The van der Waals surface area contributed by atoms with Crippen molar-refractivity contribution in [2.45, 2.75) is 13.8 Å². The third-order valence-electron chi connectivity index (χ3n) is 2.42. The van der Waals surface area contributed by atoms with E-state index < -0.39 is 4.92 Å². The van der Waals surface area contributed by atoms with Gasteiger partial charge in [0.05, 0.1) is 11.0 Å². The molecule has 104 valence electrons. The number of benzene rings is 1. The molecule has 1 aromatic carbocycles. The van der Waals surface area contributed by atoms with Crippen LogP contribution in [0.15, 0.2) is 30.3 Å². The normalized spacial score (nSPS) is 10.1. The molecule has 7 nitrogen and oxygen atoms in total. The van der Waals surface area contributed by atoms with Gasteiger partial charge >= 0.3 is 0 Å². The van der Waals surface area contributed by atoms with E-state index in [-0.39, 0.29) is 5.69 Å². The van der Waals surface area contributed by atoms with Crippen molar-refractivity contribution in [2.75, 3.05) is 11.9 Å². The first kappa shape index (κ1) is 13.7. The Bertz CT molecular complexity index is 631. The van der Waals surface area contributed by atoms with Crippen molar-refractivity contribution >= 4 is 11.6 Å². The molecule has 7 heteroatoms. The summed E-state index contributed by atoms with van der Waals surface area (Å²) in [7, 11) is 0. The van der Waals surface area contributed by atoms with E-state index in [0.717, 1.165) is 5.69 Å². The zero-order valence-electron chi connectivity index (χ0n) is 11.2. The summed E-state index contributed by atoms with van der Waals surface area (Å²) in [5.74, 6) is 1.17. The lowest BCUT2D eigenvalue weighted by Crippen LogP contribution is -2.04. The third kappa shape index (κ3) is 3.41. The molecule has 1 heterocycles. The number of ether oxygens (including phenoxy) is 1. The Morgan fingerprint density at radius 2 is 2.15 bits per heavy atom.